The van der Waals surface area contributed by atoms with Gasteiger partial charge in [0.05, 0.1) is 11.8 Å². The second kappa shape index (κ2) is 5.25. The monoisotopic (exact) mass is 222 g/mol. The van der Waals surface area contributed by atoms with Crippen molar-refractivity contribution in [3.63, 3.8) is 0 Å². The number of rotatable bonds is 4. The largest absolute Gasteiger partial charge is 0.361 e. The summed E-state index contributed by atoms with van der Waals surface area (Å²) in [7, 11) is 0. The number of likely N-dealkylation sites (tertiary alicyclic amines) is 1. The summed E-state index contributed by atoms with van der Waals surface area (Å²) in [6, 6.07) is 0. The highest BCUT2D eigenvalue weighted by atomic mass is 16.5. The Morgan fingerprint density at radius 1 is 1.56 bits per heavy atom. The highest BCUT2D eigenvalue weighted by Gasteiger charge is 2.21. The lowest BCUT2D eigenvalue weighted by Crippen LogP contribution is -2.34. The minimum atomic E-state index is 0.609. The van der Waals surface area contributed by atoms with Crippen molar-refractivity contribution in [2.45, 2.75) is 26.2 Å². The lowest BCUT2D eigenvalue weighted by molar-refractivity contribution is 0.112. The van der Waals surface area contributed by atoms with E-state index >= 15 is 0 Å². The third-order valence-electron chi connectivity index (χ3n) is 3.43. The number of aromatic nitrogens is 1. The van der Waals surface area contributed by atoms with Crippen molar-refractivity contribution in [3.8, 4) is 0 Å². The fraction of sp³-hybridized carbons (Fsp3) is 0.667. The van der Waals surface area contributed by atoms with Crippen LogP contribution in [0.5, 0.6) is 0 Å². The summed E-state index contributed by atoms with van der Waals surface area (Å²) < 4.78 is 5.12. The first-order valence-electron chi connectivity index (χ1n) is 5.94. The molecule has 16 heavy (non-hydrogen) atoms. The van der Waals surface area contributed by atoms with Crippen LogP contribution in [0.2, 0.25) is 0 Å². The molecule has 1 aromatic rings. The van der Waals surface area contributed by atoms with Gasteiger partial charge in [0.15, 0.2) is 6.29 Å². The minimum absolute atomic E-state index is 0.609. The zero-order valence-corrected chi connectivity index (χ0v) is 9.69. The average Bonchev–Trinajstić information content (AvgIpc) is 2.77. The lowest BCUT2D eigenvalue weighted by Gasteiger charge is -2.30. The van der Waals surface area contributed by atoms with Crippen molar-refractivity contribution in [2.24, 2.45) is 5.92 Å². The van der Waals surface area contributed by atoms with E-state index in [0.29, 0.717) is 11.5 Å². The molecule has 1 aromatic heterocycles. The molecule has 0 unspecified atom stereocenters. The fourth-order valence-corrected chi connectivity index (χ4v) is 2.29. The predicted molar refractivity (Wildman–Crippen MR) is 60.4 cm³/mol. The Balaban J connectivity index is 1.89. The highest BCUT2D eigenvalue weighted by Crippen LogP contribution is 2.22. The number of nitrogens with zero attached hydrogens (tertiary/aromatic N) is 2. The Labute approximate surface area is 95.6 Å². The molecule has 0 spiro atoms. The summed E-state index contributed by atoms with van der Waals surface area (Å²) in [6.45, 7) is 5.65. The van der Waals surface area contributed by atoms with E-state index in [9.17, 15) is 4.79 Å². The third kappa shape index (κ3) is 2.50. The van der Waals surface area contributed by atoms with Crippen LogP contribution in [-0.4, -0.2) is 36.0 Å². The molecular weight excluding hydrogens is 204 g/mol. The molecule has 88 valence electrons. The summed E-state index contributed by atoms with van der Waals surface area (Å²) in [5, 5.41) is 3.67. The topological polar surface area (TPSA) is 46.3 Å². The Bertz CT molecular complexity index is 341. The van der Waals surface area contributed by atoms with Gasteiger partial charge in [0.1, 0.15) is 5.76 Å². The van der Waals surface area contributed by atoms with Gasteiger partial charge in [-0.15, -0.1) is 0 Å². The van der Waals surface area contributed by atoms with Crippen LogP contribution >= 0.6 is 0 Å². The van der Waals surface area contributed by atoms with E-state index < -0.39 is 0 Å². The zero-order chi connectivity index (χ0) is 11.4. The molecule has 0 bridgehead atoms. The van der Waals surface area contributed by atoms with E-state index in [1.54, 1.807) is 0 Å². The van der Waals surface area contributed by atoms with Crippen molar-refractivity contribution in [3.05, 3.63) is 17.5 Å². The average molecular weight is 222 g/mol. The zero-order valence-electron chi connectivity index (χ0n) is 9.69. The first-order chi connectivity index (χ1) is 7.83. The molecule has 1 fully saturated rings. The molecule has 1 aliphatic rings. The van der Waals surface area contributed by atoms with Crippen molar-refractivity contribution in [1.82, 2.24) is 10.1 Å². The van der Waals surface area contributed by atoms with E-state index in [1.165, 1.54) is 19.0 Å². The van der Waals surface area contributed by atoms with Crippen LogP contribution in [0, 0.1) is 5.92 Å². The SMILES string of the molecule is CCN1CCC(Cc2oncc2C=O)CC1. The van der Waals surface area contributed by atoms with Gasteiger partial charge in [-0.1, -0.05) is 12.1 Å². The normalized spacial score (nSPS) is 18.8. The number of piperidine rings is 1. The van der Waals surface area contributed by atoms with Gasteiger partial charge in [-0.2, -0.15) is 0 Å². The molecule has 0 aliphatic carbocycles. The first kappa shape index (κ1) is 11.3. The molecule has 0 N–H and O–H groups in total. The standard InChI is InChI=1S/C12H18N2O2/c1-2-14-5-3-10(4-6-14)7-12-11(9-15)8-13-16-12/h8-10H,2-7H2,1H3. The van der Waals surface area contributed by atoms with E-state index in [4.69, 9.17) is 4.52 Å². The van der Waals surface area contributed by atoms with Gasteiger partial charge in [0, 0.05) is 6.42 Å². The number of carbonyl (C=O) groups excluding carboxylic acids is 1. The van der Waals surface area contributed by atoms with Crippen LogP contribution in [-0.2, 0) is 6.42 Å². The number of hydrogen-bond donors (Lipinski definition) is 0. The van der Waals surface area contributed by atoms with Gasteiger partial charge in [-0.25, -0.2) is 0 Å². The maximum atomic E-state index is 10.7. The molecule has 2 heterocycles. The molecule has 0 atom stereocenters. The summed E-state index contributed by atoms with van der Waals surface area (Å²) in [5.74, 6) is 1.39. The molecule has 1 aliphatic heterocycles. The molecule has 0 saturated carbocycles. The predicted octanol–water partition coefficient (Wildman–Crippen LogP) is 1.76. The Hall–Kier alpha value is -1.16. The van der Waals surface area contributed by atoms with Gasteiger partial charge < -0.3 is 9.42 Å². The maximum absolute atomic E-state index is 10.7. The van der Waals surface area contributed by atoms with Crippen molar-refractivity contribution >= 4 is 6.29 Å². The number of aldehydes is 1. The Morgan fingerprint density at radius 3 is 2.94 bits per heavy atom. The molecular formula is C12H18N2O2. The molecule has 4 heteroatoms. The quantitative estimate of drug-likeness (QED) is 0.728. The molecule has 1 saturated heterocycles. The second-order valence-electron chi connectivity index (χ2n) is 4.40. The van der Waals surface area contributed by atoms with Gasteiger partial charge in [-0.05, 0) is 38.4 Å². The van der Waals surface area contributed by atoms with Gasteiger partial charge >= 0.3 is 0 Å². The number of hydrogen-bond acceptors (Lipinski definition) is 4. The van der Waals surface area contributed by atoms with Crippen LogP contribution in [0.3, 0.4) is 0 Å². The van der Waals surface area contributed by atoms with E-state index in [-0.39, 0.29) is 0 Å². The van der Waals surface area contributed by atoms with Crippen LogP contribution in [0.4, 0.5) is 0 Å². The van der Waals surface area contributed by atoms with Gasteiger partial charge in [-0.3, -0.25) is 4.79 Å². The van der Waals surface area contributed by atoms with Crippen LogP contribution in [0.1, 0.15) is 35.9 Å². The number of carbonyl (C=O) groups is 1. The summed E-state index contributed by atoms with van der Waals surface area (Å²) in [4.78, 5) is 13.2. The van der Waals surface area contributed by atoms with Crippen molar-refractivity contribution in [1.29, 1.82) is 0 Å². The second-order valence-corrected chi connectivity index (χ2v) is 4.40. The summed E-state index contributed by atoms with van der Waals surface area (Å²) in [6.07, 6.45) is 5.56. The van der Waals surface area contributed by atoms with Gasteiger partial charge in [0.2, 0.25) is 0 Å². The lowest BCUT2D eigenvalue weighted by atomic mass is 9.92. The molecule has 4 nitrogen and oxygen atoms in total. The Morgan fingerprint density at radius 2 is 2.31 bits per heavy atom. The molecule has 0 aromatic carbocycles. The van der Waals surface area contributed by atoms with Gasteiger partial charge in [0.25, 0.3) is 0 Å². The first-order valence-corrected chi connectivity index (χ1v) is 5.94. The van der Waals surface area contributed by atoms with Crippen molar-refractivity contribution < 1.29 is 9.32 Å². The van der Waals surface area contributed by atoms with Crippen LogP contribution in [0.25, 0.3) is 0 Å². The molecule has 2 rings (SSSR count). The van der Waals surface area contributed by atoms with Crippen LogP contribution < -0.4 is 0 Å². The third-order valence-corrected chi connectivity index (χ3v) is 3.43. The van der Waals surface area contributed by atoms with E-state index in [1.807, 2.05) is 0 Å². The summed E-state index contributed by atoms with van der Waals surface area (Å²) in [5.41, 5.74) is 0.609. The molecule has 0 radical (unpaired) electrons. The van der Waals surface area contributed by atoms with E-state index in [0.717, 1.165) is 38.1 Å². The minimum Gasteiger partial charge on any atom is -0.361 e. The Kier molecular flexibility index (Phi) is 3.72. The van der Waals surface area contributed by atoms with Crippen molar-refractivity contribution in [2.75, 3.05) is 19.6 Å². The molecule has 0 amide bonds. The van der Waals surface area contributed by atoms with Crippen LogP contribution in [0.15, 0.2) is 10.7 Å². The highest BCUT2D eigenvalue weighted by molar-refractivity contribution is 5.75. The fourth-order valence-electron chi connectivity index (χ4n) is 2.29. The summed E-state index contributed by atoms with van der Waals surface area (Å²) >= 11 is 0. The maximum Gasteiger partial charge on any atom is 0.155 e. The smallest absolute Gasteiger partial charge is 0.155 e. The van der Waals surface area contributed by atoms with E-state index in [2.05, 4.69) is 17.0 Å².